The van der Waals surface area contributed by atoms with E-state index in [0.717, 1.165) is 29.8 Å². The zero-order valence-corrected chi connectivity index (χ0v) is 17.2. The van der Waals surface area contributed by atoms with Crippen LogP contribution in [0.4, 0.5) is 4.39 Å². The molecule has 1 aliphatic rings. The van der Waals surface area contributed by atoms with Crippen LogP contribution in [-0.4, -0.2) is 25.7 Å². The lowest BCUT2D eigenvalue weighted by molar-refractivity contribution is 0.203. The van der Waals surface area contributed by atoms with E-state index in [0.29, 0.717) is 17.3 Å². The molecule has 1 unspecified atom stereocenters. The van der Waals surface area contributed by atoms with E-state index in [-0.39, 0.29) is 11.9 Å². The van der Waals surface area contributed by atoms with E-state index in [9.17, 15) is 4.39 Å². The molecular weight excluding hydrogens is 389 g/mol. The summed E-state index contributed by atoms with van der Waals surface area (Å²) >= 11 is 6.32. The molecule has 0 spiro atoms. The molecule has 29 heavy (non-hydrogen) atoms. The van der Waals surface area contributed by atoms with Gasteiger partial charge in [-0.05, 0) is 65.1 Å². The van der Waals surface area contributed by atoms with Gasteiger partial charge in [-0.1, -0.05) is 35.9 Å². The maximum absolute atomic E-state index is 13.3. The Balaban J connectivity index is 1.79. The minimum atomic E-state index is -0.221. The van der Waals surface area contributed by atoms with Gasteiger partial charge in [-0.2, -0.15) is 0 Å². The number of benzene rings is 3. The Kier molecular flexibility index (Phi) is 5.74. The number of halogens is 2. The molecule has 4 rings (SSSR count). The maximum atomic E-state index is 13.3. The molecule has 5 heteroatoms. The number of nitrogens with zero attached hydrogens (tertiary/aromatic N) is 1. The highest BCUT2D eigenvalue weighted by Gasteiger charge is 2.30. The Morgan fingerprint density at radius 1 is 1.00 bits per heavy atom. The Bertz CT molecular complexity index is 1010. The Morgan fingerprint density at radius 3 is 2.41 bits per heavy atom. The van der Waals surface area contributed by atoms with Gasteiger partial charge >= 0.3 is 0 Å². The highest BCUT2D eigenvalue weighted by Crippen LogP contribution is 2.41. The largest absolute Gasteiger partial charge is 0.493 e. The van der Waals surface area contributed by atoms with E-state index in [2.05, 4.69) is 23.1 Å². The van der Waals surface area contributed by atoms with Crippen molar-refractivity contribution in [2.75, 3.05) is 20.8 Å². The molecule has 0 N–H and O–H groups in total. The van der Waals surface area contributed by atoms with Crippen LogP contribution in [0, 0.1) is 5.82 Å². The van der Waals surface area contributed by atoms with Crippen molar-refractivity contribution in [1.82, 2.24) is 4.90 Å². The minimum Gasteiger partial charge on any atom is -0.493 e. The summed E-state index contributed by atoms with van der Waals surface area (Å²) in [5, 5.41) is 0.705. The van der Waals surface area contributed by atoms with Gasteiger partial charge in [0, 0.05) is 18.1 Å². The van der Waals surface area contributed by atoms with Gasteiger partial charge in [-0.25, -0.2) is 4.39 Å². The van der Waals surface area contributed by atoms with E-state index in [1.54, 1.807) is 14.2 Å². The van der Waals surface area contributed by atoms with Crippen molar-refractivity contribution >= 4 is 11.6 Å². The lowest BCUT2D eigenvalue weighted by Gasteiger charge is -2.38. The molecule has 3 nitrogen and oxygen atoms in total. The first kappa shape index (κ1) is 19.7. The van der Waals surface area contributed by atoms with Crippen LogP contribution in [0.25, 0.3) is 0 Å². The van der Waals surface area contributed by atoms with Gasteiger partial charge in [-0.3, -0.25) is 4.90 Å². The van der Waals surface area contributed by atoms with Crippen molar-refractivity contribution in [3.8, 4) is 11.5 Å². The van der Waals surface area contributed by atoms with Gasteiger partial charge in [0.15, 0.2) is 11.5 Å². The average molecular weight is 412 g/mol. The third-order valence-electron chi connectivity index (χ3n) is 5.44. The second-order valence-corrected chi connectivity index (χ2v) is 7.65. The molecule has 150 valence electrons. The fourth-order valence-electron chi connectivity index (χ4n) is 4.06. The summed E-state index contributed by atoms with van der Waals surface area (Å²) in [4.78, 5) is 2.40. The van der Waals surface area contributed by atoms with Gasteiger partial charge in [0.2, 0.25) is 0 Å². The number of hydrogen-bond acceptors (Lipinski definition) is 3. The van der Waals surface area contributed by atoms with Crippen LogP contribution in [0.3, 0.4) is 0 Å². The van der Waals surface area contributed by atoms with Crippen LogP contribution >= 0.6 is 11.6 Å². The van der Waals surface area contributed by atoms with Crippen molar-refractivity contribution < 1.29 is 13.9 Å². The fraction of sp³-hybridized carbons (Fsp3) is 0.250. The van der Waals surface area contributed by atoms with Crippen LogP contribution in [0.15, 0.2) is 60.7 Å². The lowest BCUT2D eigenvalue weighted by Crippen LogP contribution is -2.35. The summed E-state index contributed by atoms with van der Waals surface area (Å²) in [7, 11) is 3.31. The third kappa shape index (κ3) is 4.09. The first-order valence-corrected chi connectivity index (χ1v) is 9.95. The first-order chi connectivity index (χ1) is 14.1. The van der Waals surface area contributed by atoms with Crippen molar-refractivity contribution in [3.05, 3.63) is 93.8 Å². The van der Waals surface area contributed by atoms with E-state index in [1.807, 2.05) is 30.3 Å². The van der Waals surface area contributed by atoms with E-state index >= 15 is 0 Å². The molecule has 0 radical (unpaired) electrons. The molecular formula is C24H23ClFNO2. The topological polar surface area (TPSA) is 21.7 Å². The quantitative estimate of drug-likeness (QED) is 0.542. The molecule has 0 fully saturated rings. The highest BCUT2D eigenvalue weighted by atomic mass is 35.5. The fourth-order valence-corrected chi connectivity index (χ4v) is 4.26. The number of hydrogen-bond donors (Lipinski definition) is 0. The van der Waals surface area contributed by atoms with E-state index in [4.69, 9.17) is 21.1 Å². The molecule has 0 saturated heterocycles. The lowest BCUT2D eigenvalue weighted by atomic mass is 9.87. The molecule has 0 saturated carbocycles. The van der Waals surface area contributed by atoms with Crippen LogP contribution in [0.1, 0.15) is 28.3 Å². The van der Waals surface area contributed by atoms with Crippen LogP contribution in [-0.2, 0) is 13.0 Å². The smallest absolute Gasteiger partial charge is 0.161 e. The SMILES string of the molecule is COc1cc2c(cc1OC)C(c1cccc(Cl)c1)N(Cc1ccc(F)cc1)CC2. The zero-order valence-electron chi connectivity index (χ0n) is 16.5. The minimum absolute atomic E-state index is 0.0160. The number of rotatable bonds is 5. The van der Waals surface area contributed by atoms with E-state index < -0.39 is 0 Å². The monoisotopic (exact) mass is 411 g/mol. The Hall–Kier alpha value is -2.56. The summed E-state index contributed by atoms with van der Waals surface area (Å²) in [5.74, 6) is 1.23. The average Bonchev–Trinajstić information content (AvgIpc) is 2.74. The van der Waals surface area contributed by atoms with Crippen LogP contribution in [0.5, 0.6) is 11.5 Å². The number of ether oxygens (including phenoxy) is 2. The number of fused-ring (bicyclic) bond motifs is 1. The predicted molar refractivity (Wildman–Crippen MR) is 113 cm³/mol. The van der Waals surface area contributed by atoms with Gasteiger partial charge in [-0.15, -0.1) is 0 Å². The summed E-state index contributed by atoms with van der Waals surface area (Å²) in [6.45, 7) is 1.59. The summed E-state index contributed by atoms with van der Waals surface area (Å²) < 4.78 is 24.4. The molecule has 0 aliphatic carbocycles. The van der Waals surface area contributed by atoms with Crippen LogP contribution < -0.4 is 9.47 Å². The summed E-state index contributed by atoms with van der Waals surface area (Å²) in [5.41, 5.74) is 4.61. The molecule has 0 bridgehead atoms. The molecule has 1 atom stereocenters. The molecule has 0 amide bonds. The van der Waals surface area contributed by atoms with E-state index in [1.165, 1.54) is 23.3 Å². The van der Waals surface area contributed by atoms with Crippen LogP contribution in [0.2, 0.25) is 5.02 Å². The third-order valence-corrected chi connectivity index (χ3v) is 5.67. The molecule has 3 aromatic carbocycles. The van der Waals surface area contributed by atoms with Crippen molar-refractivity contribution in [3.63, 3.8) is 0 Å². The van der Waals surface area contributed by atoms with Gasteiger partial charge in [0.25, 0.3) is 0 Å². The van der Waals surface area contributed by atoms with Crippen molar-refractivity contribution in [2.45, 2.75) is 19.0 Å². The highest BCUT2D eigenvalue weighted by molar-refractivity contribution is 6.30. The Labute approximate surface area is 175 Å². The van der Waals surface area contributed by atoms with Crippen molar-refractivity contribution in [2.24, 2.45) is 0 Å². The molecule has 0 aromatic heterocycles. The second-order valence-electron chi connectivity index (χ2n) is 7.21. The molecule has 1 aliphatic heterocycles. The van der Waals surface area contributed by atoms with Crippen molar-refractivity contribution in [1.29, 1.82) is 0 Å². The molecule has 3 aromatic rings. The zero-order chi connectivity index (χ0) is 20.4. The second kappa shape index (κ2) is 8.44. The standard InChI is InChI=1S/C24H23ClFNO2/c1-28-22-13-17-10-11-27(15-16-6-8-20(26)9-7-16)24(21(17)14-23(22)29-2)18-4-3-5-19(25)12-18/h3-9,12-14,24H,10-11,15H2,1-2H3. The normalized spacial score (nSPS) is 16.3. The maximum Gasteiger partial charge on any atom is 0.161 e. The number of methoxy groups -OCH3 is 2. The predicted octanol–water partition coefficient (Wildman–Crippen LogP) is 5.64. The first-order valence-electron chi connectivity index (χ1n) is 9.58. The summed E-state index contributed by atoms with van der Waals surface area (Å²) in [6.07, 6.45) is 0.897. The molecule has 1 heterocycles. The van der Waals surface area contributed by atoms with Gasteiger partial charge < -0.3 is 9.47 Å². The van der Waals surface area contributed by atoms with Gasteiger partial charge in [0.05, 0.1) is 20.3 Å². The Morgan fingerprint density at radius 2 is 1.72 bits per heavy atom. The summed E-state index contributed by atoms with van der Waals surface area (Å²) in [6, 6.07) is 18.8. The van der Waals surface area contributed by atoms with Gasteiger partial charge in [0.1, 0.15) is 5.82 Å².